The first-order valence-electron chi connectivity index (χ1n) is 6.57. The highest BCUT2D eigenvalue weighted by atomic mass is 16.5. The molecule has 2 amide bonds. The Morgan fingerprint density at radius 3 is 3.05 bits per heavy atom. The summed E-state index contributed by atoms with van der Waals surface area (Å²) in [5.41, 5.74) is 0.614. The van der Waals surface area contributed by atoms with Crippen LogP contribution in [-0.2, 0) is 16.0 Å². The predicted octanol–water partition coefficient (Wildman–Crippen LogP) is -1.19. The quantitative estimate of drug-likeness (QED) is 0.541. The number of aromatic amines is 1. The van der Waals surface area contributed by atoms with E-state index in [0.29, 0.717) is 18.8 Å². The van der Waals surface area contributed by atoms with Crippen LogP contribution in [0.25, 0.3) is 0 Å². The highest BCUT2D eigenvalue weighted by Crippen LogP contribution is 2.08. The topological polar surface area (TPSA) is 128 Å². The number of nitrogens with zero attached hydrogens (tertiary/aromatic N) is 2. The Morgan fingerprint density at radius 1 is 1.62 bits per heavy atom. The molecule has 1 fully saturated rings. The smallest absolute Gasteiger partial charge is 0.326 e. The van der Waals surface area contributed by atoms with Crippen molar-refractivity contribution < 1.29 is 24.5 Å². The summed E-state index contributed by atoms with van der Waals surface area (Å²) in [6.45, 7) is 0.684. The van der Waals surface area contributed by atoms with Crippen molar-refractivity contribution >= 4 is 12.0 Å². The van der Waals surface area contributed by atoms with Gasteiger partial charge in [-0.1, -0.05) is 0 Å². The zero-order chi connectivity index (χ0) is 15.2. The van der Waals surface area contributed by atoms with Crippen molar-refractivity contribution in [3.8, 4) is 0 Å². The number of nitrogens with one attached hydrogen (secondary N) is 2. The van der Waals surface area contributed by atoms with Gasteiger partial charge in [-0.05, 0) is 0 Å². The SMILES string of the molecule is O=C(O)[C@@H](Cc1cnc[nH]1)NC(=O)N1CCOCC1CO. The molecular weight excluding hydrogens is 280 g/mol. The lowest BCUT2D eigenvalue weighted by Crippen LogP contribution is -2.57. The normalized spacial score (nSPS) is 20.0. The number of aliphatic hydroxyl groups excluding tert-OH is 1. The van der Waals surface area contributed by atoms with E-state index in [9.17, 15) is 19.8 Å². The largest absolute Gasteiger partial charge is 0.480 e. The van der Waals surface area contributed by atoms with Gasteiger partial charge in [0.15, 0.2) is 0 Å². The minimum Gasteiger partial charge on any atom is -0.480 e. The van der Waals surface area contributed by atoms with Gasteiger partial charge in [0, 0.05) is 24.9 Å². The maximum absolute atomic E-state index is 12.2. The molecule has 1 aromatic heterocycles. The molecule has 1 saturated heterocycles. The Morgan fingerprint density at radius 2 is 2.43 bits per heavy atom. The van der Waals surface area contributed by atoms with E-state index >= 15 is 0 Å². The van der Waals surface area contributed by atoms with Gasteiger partial charge in [0.1, 0.15) is 6.04 Å². The van der Waals surface area contributed by atoms with Crippen molar-refractivity contribution in [2.24, 2.45) is 0 Å². The number of morpholine rings is 1. The maximum Gasteiger partial charge on any atom is 0.326 e. The maximum atomic E-state index is 12.2. The van der Waals surface area contributed by atoms with Gasteiger partial charge in [0.2, 0.25) is 0 Å². The average Bonchev–Trinajstić information content (AvgIpc) is 2.99. The lowest BCUT2D eigenvalue weighted by atomic mass is 10.1. The third kappa shape index (κ3) is 3.92. The minimum atomic E-state index is -1.13. The number of aromatic nitrogens is 2. The number of hydrogen-bond donors (Lipinski definition) is 4. The van der Waals surface area contributed by atoms with Crippen LogP contribution < -0.4 is 5.32 Å². The van der Waals surface area contributed by atoms with E-state index in [1.807, 2.05) is 0 Å². The van der Waals surface area contributed by atoms with E-state index < -0.39 is 24.1 Å². The molecule has 0 spiro atoms. The number of carboxylic acids is 1. The Balaban J connectivity index is 1.98. The van der Waals surface area contributed by atoms with Crippen LogP contribution in [0.5, 0.6) is 0 Å². The van der Waals surface area contributed by atoms with Crippen molar-refractivity contribution in [1.82, 2.24) is 20.2 Å². The Labute approximate surface area is 120 Å². The van der Waals surface area contributed by atoms with Crippen molar-refractivity contribution in [2.45, 2.75) is 18.5 Å². The van der Waals surface area contributed by atoms with Gasteiger partial charge < -0.3 is 30.2 Å². The summed E-state index contributed by atoms with van der Waals surface area (Å²) in [5.74, 6) is -1.13. The lowest BCUT2D eigenvalue weighted by Gasteiger charge is -2.35. The molecular formula is C12H18N4O5. The summed E-state index contributed by atoms with van der Waals surface area (Å²) in [7, 11) is 0. The molecule has 21 heavy (non-hydrogen) atoms. The molecule has 1 aromatic rings. The molecule has 0 aromatic carbocycles. The lowest BCUT2D eigenvalue weighted by molar-refractivity contribution is -0.139. The van der Waals surface area contributed by atoms with Gasteiger partial charge in [0.25, 0.3) is 0 Å². The number of carbonyl (C=O) groups excluding carboxylic acids is 1. The van der Waals surface area contributed by atoms with E-state index in [2.05, 4.69) is 15.3 Å². The molecule has 9 heteroatoms. The number of carboxylic acid groups (broad SMARTS) is 1. The van der Waals surface area contributed by atoms with Gasteiger partial charge in [0.05, 0.1) is 32.2 Å². The van der Waals surface area contributed by atoms with Crippen LogP contribution in [0.1, 0.15) is 5.69 Å². The second kappa shape index (κ2) is 7.04. The van der Waals surface area contributed by atoms with Gasteiger partial charge in [-0.25, -0.2) is 14.6 Å². The highest BCUT2D eigenvalue weighted by molar-refractivity contribution is 5.83. The number of aliphatic hydroxyl groups is 1. The number of amides is 2. The minimum absolute atomic E-state index is 0.106. The molecule has 0 radical (unpaired) electrons. The van der Waals surface area contributed by atoms with Crippen LogP contribution in [-0.4, -0.2) is 75.5 Å². The van der Waals surface area contributed by atoms with E-state index in [-0.39, 0.29) is 19.6 Å². The Kier molecular flexibility index (Phi) is 5.12. The molecule has 0 saturated carbocycles. The number of hydrogen-bond acceptors (Lipinski definition) is 5. The van der Waals surface area contributed by atoms with E-state index in [1.54, 1.807) is 0 Å². The third-order valence-corrected chi connectivity index (χ3v) is 3.27. The summed E-state index contributed by atoms with van der Waals surface area (Å²) in [6, 6.07) is -2.05. The van der Waals surface area contributed by atoms with E-state index in [0.717, 1.165) is 0 Å². The fourth-order valence-corrected chi connectivity index (χ4v) is 2.12. The first kappa shape index (κ1) is 15.3. The number of rotatable bonds is 5. The third-order valence-electron chi connectivity index (χ3n) is 3.27. The molecule has 2 heterocycles. The number of H-pyrrole nitrogens is 1. The van der Waals surface area contributed by atoms with Gasteiger partial charge in [-0.2, -0.15) is 0 Å². The molecule has 116 valence electrons. The van der Waals surface area contributed by atoms with Crippen molar-refractivity contribution in [3.63, 3.8) is 0 Å². The molecule has 1 aliphatic heterocycles. The van der Waals surface area contributed by atoms with Crippen LogP contribution in [0.15, 0.2) is 12.5 Å². The van der Waals surface area contributed by atoms with Crippen LogP contribution >= 0.6 is 0 Å². The Bertz CT molecular complexity index is 478. The van der Waals surface area contributed by atoms with Gasteiger partial charge in [-0.15, -0.1) is 0 Å². The number of ether oxygens (including phenoxy) is 1. The number of carbonyl (C=O) groups is 2. The molecule has 9 nitrogen and oxygen atoms in total. The number of urea groups is 1. The summed E-state index contributed by atoms with van der Waals surface area (Å²) in [5, 5.41) is 20.9. The van der Waals surface area contributed by atoms with Crippen LogP contribution in [0, 0.1) is 0 Å². The predicted molar refractivity (Wildman–Crippen MR) is 70.6 cm³/mol. The second-order valence-electron chi connectivity index (χ2n) is 4.73. The van der Waals surface area contributed by atoms with Crippen LogP contribution in [0.2, 0.25) is 0 Å². The fourth-order valence-electron chi connectivity index (χ4n) is 2.12. The Hall–Kier alpha value is -2.13. The zero-order valence-corrected chi connectivity index (χ0v) is 11.4. The molecule has 4 N–H and O–H groups in total. The standard InChI is InChI=1S/C12H18N4O5/c17-5-9-6-21-2-1-16(9)12(20)15-10(11(18)19)3-8-4-13-7-14-8/h4,7,9-10,17H,1-3,5-6H2,(H,13,14)(H,15,20)(H,18,19)/t9?,10-/m1/s1. The van der Waals surface area contributed by atoms with Crippen molar-refractivity contribution in [1.29, 1.82) is 0 Å². The van der Waals surface area contributed by atoms with Gasteiger partial charge >= 0.3 is 12.0 Å². The molecule has 1 aliphatic rings. The first-order valence-corrected chi connectivity index (χ1v) is 6.57. The van der Waals surface area contributed by atoms with E-state index in [4.69, 9.17) is 4.74 Å². The number of imidazole rings is 1. The highest BCUT2D eigenvalue weighted by Gasteiger charge is 2.30. The summed E-state index contributed by atoms with van der Waals surface area (Å²) in [6.07, 6.45) is 3.06. The second-order valence-corrected chi connectivity index (χ2v) is 4.73. The first-order chi connectivity index (χ1) is 10.1. The molecule has 0 aliphatic carbocycles. The van der Waals surface area contributed by atoms with E-state index in [1.165, 1.54) is 17.4 Å². The van der Waals surface area contributed by atoms with Gasteiger partial charge in [-0.3, -0.25) is 0 Å². The molecule has 2 atom stereocenters. The van der Waals surface area contributed by atoms with Crippen LogP contribution in [0.3, 0.4) is 0 Å². The fraction of sp³-hybridized carbons (Fsp3) is 0.583. The summed E-state index contributed by atoms with van der Waals surface area (Å²) >= 11 is 0. The molecule has 1 unspecified atom stereocenters. The zero-order valence-electron chi connectivity index (χ0n) is 11.4. The van der Waals surface area contributed by atoms with Crippen molar-refractivity contribution in [3.05, 3.63) is 18.2 Å². The number of aliphatic carboxylic acids is 1. The van der Waals surface area contributed by atoms with Crippen molar-refractivity contribution in [2.75, 3.05) is 26.4 Å². The summed E-state index contributed by atoms with van der Waals surface area (Å²) in [4.78, 5) is 31.4. The molecule has 0 bridgehead atoms. The molecule has 2 rings (SSSR count). The van der Waals surface area contributed by atoms with Crippen LogP contribution in [0.4, 0.5) is 4.79 Å². The summed E-state index contributed by atoms with van der Waals surface area (Å²) < 4.78 is 5.18. The monoisotopic (exact) mass is 298 g/mol. The average molecular weight is 298 g/mol.